The summed E-state index contributed by atoms with van der Waals surface area (Å²) in [6.45, 7) is 1.80. The molecule has 4 rings (SSSR count). The van der Waals surface area contributed by atoms with Crippen LogP contribution in [0.15, 0.2) is 36.4 Å². The van der Waals surface area contributed by atoms with Gasteiger partial charge < -0.3 is 19.7 Å². The van der Waals surface area contributed by atoms with Crippen LogP contribution in [0.2, 0.25) is 0 Å². The molecule has 4 N–H and O–H groups in total. The highest BCUT2D eigenvalue weighted by Gasteiger charge is 2.66. The molecule has 0 saturated carbocycles. The van der Waals surface area contributed by atoms with Crippen LogP contribution in [0.4, 0.5) is 0 Å². The largest absolute Gasteiger partial charge is 0.508 e. The number of hydrogen-bond acceptors (Lipinski definition) is 7. The van der Waals surface area contributed by atoms with Gasteiger partial charge >= 0.3 is 5.97 Å². The predicted molar refractivity (Wildman–Crippen MR) is 112 cm³/mol. The molecule has 2 aromatic rings. The lowest BCUT2D eigenvalue weighted by Gasteiger charge is -2.30. The maximum Gasteiger partial charge on any atom is 0.325 e. The van der Waals surface area contributed by atoms with E-state index in [0.29, 0.717) is 28.2 Å². The number of fused-ring (bicyclic) bond motifs is 1. The summed E-state index contributed by atoms with van der Waals surface area (Å²) in [5, 5.41) is 25.3. The monoisotopic (exact) mass is 440 g/mol. The Morgan fingerprint density at radius 1 is 1.06 bits per heavy atom. The number of carbonyl (C=O) groups is 3. The molecule has 2 heterocycles. The van der Waals surface area contributed by atoms with Gasteiger partial charge in [0.15, 0.2) is 0 Å². The number of aliphatic carboxylic acids is 1. The van der Waals surface area contributed by atoms with Crippen molar-refractivity contribution < 1.29 is 34.1 Å². The molecule has 4 atom stereocenters. The molecule has 2 fully saturated rings. The van der Waals surface area contributed by atoms with Crippen LogP contribution >= 0.6 is 0 Å². The number of imide groups is 1. The SMILES string of the molecule is COc1ccc(C2NC(Cc3ccc(O)cc3)(C(=O)O)C3C(=O)NC(=O)C23)c(OC)c1C. The van der Waals surface area contributed by atoms with Crippen molar-refractivity contribution in [2.24, 2.45) is 11.8 Å². The smallest absolute Gasteiger partial charge is 0.325 e. The molecule has 168 valence electrons. The van der Waals surface area contributed by atoms with Gasteiger partial charge in [-0.25, -0.2) is 0 Å². The van der Waals surface area contributed by atoms with E-state index in [9.17, 15) is 24.6 Å². The van der Waals surface area contributed by atoms with Gasteiger partial charge in [0.2, 0.25) is 11.8 Å². The van der Waals surface area contributed by atoms with Crippen LogP contribution in [0.3, 0.4) is 0 Å². The maximum absolute atomic E-state index is 12.8. The van der Waals surface area contributed by atoms with Crippen molar-refractivity contribution >= 4 is 17.8 Å². The van der Waals surface area contributed by atoms with Crippen LogP contribution in [-0.4, -0.2) is 47.8 Å². The molecule has 2 saturated heterocycles. The van der Waals surface area contributed by atoms with Crippen LogP contribution < -0.4 is 20.1 Å². The molecule has 0 aromatic heterocycles. The summed E-state index contributed by atoms with van der Waals surface area (Å²) in [5.41, 5.74) is 0.130. The zero-order valence-electron chi connectivity index (χ0n) is 17.8. The lowest BCUT2D eigenvalue weighted by molar-refractivity contribution is -0.149. The molecule has 0 bridgehead atoms. The second-order valence-electron chi connectivity index (χ2n) is 8.11. The number of carbonyl (C=O) groups excluding carboxylic acids is 2. The van der Waals surface area contributed by atoms with Gasteiger partial charge in [0.25, 0.3) is 0 Å². The van der Waals surface area contributed by atoms with Crippen molar-refractivity contribution in [1.29, 1.82) is 0 Å². The van der Waals surface area contributed by atoms with E-state index in [0.717, 1.165) is 0 Å². The molecule has 0 spiro atoms. The number of hydrogen-bond donors (Lipinski definition) is 4. The molecule has 2 aliphatic heterocycles. The van der Waals surface area contributed by atoms with Gasteiger partial charge in [-0.15, -0.1) is 0 Å². The van der Waals surface area contributed by atoms with E-state index >= 15 is 0 Å². The van der Waals surface area contributed by atoms with Gasteiger partial charge in [-0.05, 0) is 30.7 Å². The van der Waals surface area contributed by atoms with Crippen LogP contribution in [0.25, 0.3) is 0 Å². The number of carboxylic acid groups (broad SMARTS) is 1. The minimum atomic E-state index is -1.73. The lowest BCUT2D eigenvalue weighted by Crippen LogP contribution is -2.57. The molecule has 0 radical (unpaired) electrons. The van der Waals surface area contributed by atoms with E-state index in [2.05, 4.69) is 10.6 Å². The first-order valence-corrected chi connectivity index (χ1v) is 10.1. The Kier molecular flexibility index (Phi) is 5.29. The Hall–Kier alpha value is -3.59. The molecular formula is C23H24N2O7. The van der Waals surface area contributed by atoms with Crippen molar-refractivity contribution in [2.75, 3.05) is 14.2 Å². The zero-order chi connectivity index (χ0) is 23.2. The van der Waals surface area contributed by atoms with Gasteiger partial charge in [-0.3, -0.25) is 25.0 Å². The summed E-state index contributed by atoms with van der Waals surface area (Å²) in [5.74, 6) is -3.37. The van der Waals surface area contributed by atoms with E-state index in [4.69, 9.17) is 9.47 Å². The number of carboxylic acids is 1. The highest BCUT2D eigenvalue weighted by molar-refractivity contribution is 6.09. The van der Waals surface area contributed by atoms with Gasteiger partial charge in [-0.2, -0.15) is 0 Å². The van der Waals surface area contributed by atoms with Crippen molar-refractivity contribution in [3.8, 4) is 17.2 Å². The van der Waals surface area contributed by atoms with E-state index < -0.39 is 41.2 Å². The molecule has 0 aliphatic carbocycles. The number of benzene rings is 2. The van der Waals surface area contributed by atoms with Gasteiger partial charge in [0, 0.05) is 23.6 Å². The van der Waals surface area contributed by atoms with Gasteiger partial charge in [0.05, 0.1) is 26.1 Å². The van der Waals surface area contributed by atoms with Crippen molar-refractivity contribution in [3.63, 3.8) is 0 Å². The van der Waals surface area contributed by atoms with Crippen LogP contribution in [-0.2, 0) is 20.8 Å². The highest BCUT2D eigenvalue weighted by atomic mass is 16.5. The van der Waals surface area contributed by atoms with E-state index in [1.165, 1.54) is 26.4 Å². The Balaban J connectivity index is 1.85. The lowest BCUT2D eigenvalue weighted by atomic mass is 9.76. The molecule has 4 unspecified atom stereocenters. The third-order valence-corrected chi connectivity index (χ3v) is 6.44. The third kappa shape index (κ3) is 3.16. The minimum Gasteiger partial charge on any atom is -0.508 e. The highest BCUT2D eigenvalue weighted by Crippen LogP contribution is 2.50. The molecule has 32 heavy (non-hydrogen) atoms. The minimum absolute atomic E-state index is 0.0421. The summed E-state index contributed by atoms with van der Waals surface area (Å²) in [6.07, 6.45) is -0.0571. The second kappa shape index (κ2) is 7.83. The fourth-order valence-electron chi connectivity index (χ4n) is 5.00. The first-order valence-electron chi connectivity index (χ1n) is 10.1. The first-order chi connectivity index (χ1) is 15.2. The Morgan fingerprint density at radius 3 is 2.34 bits per heavy atom. The maximum atomic E-state index is 12.8. The van der Waals surface area contributed by atoms with Crippen LogP contribution in [0.1, 0.15) is 22.7 Å². The number of rotatable bonds is 6. The number of phenols is 1. The number of nitrogens with one attached hydrogen (secondary N) is 2. The number of phenolic OH excluding ortho intramolecular Hbond substituents is 1. The van der Waals surface area contributed by atoms with Crippen molar-refractivity contribution in [1.82, 2.24) is 10.6 Å². The number of ether oxygens (including phenoxy) is 2. The fourth-order valence-corrected chi connectivity index (χ4v) is 5.00. The Morgan fingerprint density at radius 2 is 1.75 bits per heavy atom. The quantitative estimate of drug-likeness (QED) is 0.494. The first kappa shape index (κ1) is 21.6. The van der Waals surface area contributed by atoms with Crippen LogP contribution in [0, 0.1) is 18.8 Å². The van der Waals surface area contributed by atoms with Gasteiger partial charge in [0.1, 0.15) is 22.8 Å². The fraction of sp³-hybridized carbons (Fsp3) is 0.348. The van der Waals surface area contributed by atoms with Crippen molar-refractivity contribution in [3.05, 3.63) is 53.1 Å². The van der Waals surface area contributed by atoms with Crippen LogP contribution in [0.5, 0.6) is 17.2 Å². The summed E-state index contributed by atoms with van der Waals surface area (Å²) >= 11 is 0. The summed E-state index contributed by atoms with van der Waals surface area (Å²) in [7, 11) is 3.01. The second-order valence-corrected chi connectivity index (χ2v) is 8.11. The molecule has 2 aliphatic rings. The summed E-state index contributed by atoms with van der Waals surface area (Å²) in [6, 6.07) is 8.75. The number of aromatic hydroxyl groups is 1. The predicted octanol–water partition coefficient (Wildman–Crippen LogP) is 1.32. The molecular weight excluding hydrogens is 416 g/mol. The summed E-state index contributed by atoms with van der Waals surface area (Å²) < 4.78 is 10.9. The third-order valence-electron chi connectivity index (χ3n) is 6.44. The molecule has 9 heteroatoms. The normalized spacial score (nSPS) is 26.5. The van der Waals surface area contributed by atoms with Crippen molar-refractivity contribution in [2.45, 2.75) is 24.9 Å². The Labute approximate surface area is 184 Å². The number of methoxy groups -OCH3 is 2. The average Bonchev–Trinajstić information content (AvgIpc) is 3.26. The van der Waals surface area contributed by atoms with E-state index in [-0.39, 0.29) is 12.2 Å². The van der Waals surface area contributed by atoms with Gasteiger partial charge in [-0.1, -0.05) is 18.2 Å². The molecule has 9 nitrogen and oxygen atoms in total. The standard InChI is InChI=1S/C23H24N2O7/c1-11-15(31-2)9-8-14(19(11)32-3)18-16-17(21(28)24-20(16)27)23(25-18,22(29)30)10-12-4-6-13(26)7-5-12/h4-9,16-18,25-26H,10H2,1-3H3,(H,29,30)(H,24,27,28). The van der Waals surface area contributed by atoms with E-state index in [1.807, 2.05) is 0 Å². The molecule has 2 aromatic carbocycles. The molecule has 2 amide bonds. The average molecular weight is 440 g/mol. The Bertz CT molecular complexity index is 1100. The number of amides is 2. The topological polar surface area (TPSA) is 134 Å². The van der Waals surface area contributed by atoms with E-state index in [1.54, 1.807) is 31.2 Å². The zero-order valence-corrected chi connectivity index (χ0v) is 17.8. The summed E-state index contributed by atoms with van der Waals surface area (Å²) in [4.78, 5) is 38.2.